The van der Waals surface area contributed by atoms with E-state index in [2.05, 4.69) is 15.5 Å². The monoisotopic (exact) mass is 379 g/mol. The minimum absolute atomic E-state index is 0.279. The number of rotatable bonds is 5. The van der Waals surface area contributed by atoms with Crippen LogP contribution >= 0.6 is 34.3 Å². The van der Waals surface area contributed by atoms with Gasteiger partial charge in [0.15, 0.2) is 11.1 Å². The van der Waals surface area contributed by atoms with Crippen molar-refractivity contribution in [3.8, 4) is 15.6 Å². The van der Waals surface area contributed by atoms with Gasteiger partial charge in [-0.2, -0.15) is 0 Å². The van der Waals surface area contributed by atoms with E-state index in [1.807, 2.05) is 24.4 Å². The molecule has 0 radical (unpaired) electrons. The van der Waals surface area contributed by atoms with Crippen molar-refractivity contribution < 1.29 is 9.53 Å². The standard InChI is InChI=1S/C16H14ClN3O2S2/c1-9-8-11(17)5-6-12(9)22-10(2)14(21)18-16-20-19-15(24-16)13-4-3-7-23-13/h3-8,10H,1-2H3,(H,18,20,21)/t10-/m1/s1. The van der Waals surface area contributed by atoms with Crippen molar-refractivity contribution in [2.24, 2.45) is 0 Å². The van der Waals surface area contributed by atoms with Crippen molar-refractivity contribution >= 4 is 45.3 Å². The first-order valence-corrected chi connectivity index (χ1v) is 9.21. The first-order valence-electron chi connectivity index (χ1n) is 7.14. The minimum atomic E-state index is -0.668. The lowest BCUT2D eigenvalue weighted by Gasteiger charge is -2.15. The molecular formula is C16H14ClN3O2S2. The molecule has 1 aromatic carbocycles. The second kappa shape index (κ2) is 7.29. The number of nitrogens with one attached hydrogen (secondary N) is 1. The van der Waals surface area contributed by atoms with E-state index in [0.717, 1.165) is 15.4 Å². The van der Waals surface area contributed by atoms with Crippen LogP contribution in [0.5, 0.6) is 5.75 Å². The molecule has 2 heterocycles. The van der Waals surface area contributed by atoms with Crippen LogP contribution in [0.15, 0.2) is 35.7 Å². The molecule has 1 N–H and O–H groups in total. The highest BCUT2D eigenvalue weighted by Gasteiger charge is 2.18. The van der Waals surface area contributed by atoms with E-state index in [1.165, 1.54) is 11.3 Å². The number of benzene rings is 1. The Balaban J connectivity index is 1.64. The van der Waals surface area contributed by atoms with Gasteiger partial charge in [0, 0.05) is 5.02 Å². The number of hydrogen-bond acceptors (Lipinski definition) is 6. The lowest BCUT2D eigenvalue weighted by atomic mass is 10.2. The first kappa shape index (κ1) is 16.9. The highest BCUT2D eigenvalue weighted by Crippen LogP contribution is 2.30. The van der Waals surface area contributed by atoms with E-state index in [1.54, 1.807) is 36.5 Å². The summed E-state index contributed by atoms with van der Waals surface area (Å²) in [4.78, 5) is 13.3. The number of nitrogens with zero attached hydrogens (tertiary/aromatic N) is 2. The number of aryl methyl sites for hydroxylation is 1. The Bertz CT molecular complexity index is 849. The lowest BCUT2D eigenvalue weighted by Crippen LogP contribution is -2.30. The van der Waals surface area contributed by atoms with Gasteiger partial charge in [-0.25, -0.2) is 0 Å². The van der Waals surface area contributed by atoms with E-state index in [9.17, 15) is 4.79 Å². The maximum Gasteiger partial charge on any atom is 0.266 e. The van der Waals surface area contributed by atoms with Gasteiger partial charge in [-0.3, -0.25) is 10.1 Å². The van der Waals surface area contributed by atoms with Crippen molar-refractivity contribution in [1.29, 1.82) is 0 Å². The Morgan fingerprint density at radius 2 is 2.17 bits per heavy atom. The quantitative estimate of drug-likeness (QED) is 0.701. The van der Waals surface area contributed by atoms with E-state index in [0.29, 0.717) is 15.9 Å². The summed E-state index contributed by atoms with van der Waals surface area (Å²) in [6, 6.07) is 9.18. The summed E-state index contributed by atoms with van der Waals surface area (Å²) in [6.45, 7) is 3.56. The molecule has 0 spiro atoms. The number of amides is 1. The number of ether oxygens (including phenoxy) is 1. The SMILES string of the molecule is Cc1cc(Cl)ccc1O[C@H](C)C(=O)Nc1nnc(-c2cccs2)s1. The van der Waals surface area contributed by atoms with Crippen LogP contribution in [-0.4, -0.2) is 22.2 Å². The second-order valence-electron chi connectivity index (χ2n) is 5.05. The minimum Gasteiger partial charge on any atom is -0.481 e. The number of thiophene rings is 1. The third-order valence-corrected chi connectivity index (χ3v) is 5.31. The zero-order chi connectivity index (χ0) is 17.1. The van der Waals surface area contributed by atoms with Gasteiger partial charge < -0.3 is 4.74 Å². The molecule has 0 fully saturated rings. The predicted octanol–water partition coefficient (Wildman–Crippen LogP) is 4.63. The van der Waals surface area contributed by atoms with Crippen LogP contribution < -0.4 is 10.1 Å². The lowest BCUT2D eigenvalue weighted by molar-refractivity contribution is -0.122. The third kappa shape index (κ3) is 3.92. The van der Waals surface area contributed by atoms with Crippen LogP contribution in [0, 0.1) is 6.92 Å². The summed E-state index contributed by atoms with van der Waals surface area (Å²) in [5, 5.41) is 14.7. The molecular weight excluding hydrogens is 366 g/mol. The van der Waals surface area contributed by atoms with Crippen LogP contribution in [0.3, 0.4) is 0 Å². The third-order valence-electron chi connectivity index (χ3n) is 3.20. The molecule has 2 aromatic heterocycles. The molecule has 0 unspecified atom stereocenters. The number of hydrogen-bond donors (Lipinski definition) is 1. The Kier molecular flexibility index (Phi) is 5.13. The Morgan fingerprint density at radius 1 is 1.33 bits per heavy atom. The van der Waals surface area contributed by atoms with E-state index in [-0.39, 0.29) is 5.91 Å². The maximum atomic E-state index is 12.3. The smallest absolute Gasteiger partial charge is 0.266 e. The van der Waals surface area contributed by atoms with Crippen molar-refractivity contribution in [2.75, 3.05) is 5.32 Å². The molecule has 124 valence electrons. The average molecular weight is 380 g/mol. The number of aromatic nitrogens is 2. The summed E-state index contributed by atoms with van der Waals surface area (Å²) >= 11 is 8.83. The van der Waals surface area contributed by atoms with Crippen LogP contribution in [0.2, 0.25) is 5.02 Å². The van der Waals surface area contributed by atoms with Crippen LogP contribution in [0.25, 0.3) is 9.88 Å². The van der Waals surface area contributed by atoms with Gasteiger partial charge in [0.1, 0.15) is 5.75 Å². The fourth-order valence-corrected chi connectivity index (χ4v) is 3.73. The molecule has 1 atom stereocenters. The van der Waals surface area contributed by atoms with E-state index >= 15 is 0 Å². The molecule has 0 aliphatic rings. The van der Waals surface area contributed by atoms with Gasteiger partial charge in [-0.1, -0.05) is 29.0 Å². The zero-order valence-corrected chi connectivity index (χ0v) is 15.3. The summed E-state index contributed by atoms with van der Waals surface area (Å²) in [6.07, 6.45) is -0.668. The largest absolute Gasteiger partial charge is 0.481 e. The molecule has 3 rings (SSSR count). The van der Waals surface area contributed by atoms with Gasteiger partial charge in [0.25, 0.3) is 5.91 Å². The molecule has 1 amide bonds. The van der Waals surface area contributed by atoms with Gasteiger partial charge in [0.05, 0.1) is 4.88 Å². The van der Waals surface area contributed by atoms with Crippen molar-refractivity contribution in [2.45, 2.75) is 20.0 Å². The summed E-state index contributed by atoms with van der Waals surface area (Å²) in [7, 11) is 0. The van der Waals surface area contributed by atoms with E-state index < -0.39 is 6.10 Å². The zero-order valence-electron chi connectivity index (χ0n) is 12.9. The van der Waals surface area contributed by atoms with Gasteiger partial charge >= 0.3 is 0 Å². The van der Waals surface area contributed by atoms with Gasteiger partial charge in [-0.05, 0) is 49.1 Å². The Morgan fingerprint density at radius 3 is 2.88 bits per heavy atom. The highest BCUT2D eigenvalue weighted by molar-refractivity contribution is 7.23. The molecule has 3 aromatic rings. The summed E-state index contributed by atoms with van der Waals surface area (Å²) < 4.78 is 5.70. The molecule has 8 heteroatoms. The highest BCUT2D eigenvalue weighted by atomic mass is 35.5. The molecule has 0 bridgehead atoms. The van der Waals surface area contributed by atoms with Crippen molar-refractivity contribution in [1.82, 2.24) is 10.2 Å². The number of carbonyl (C=O) groups is 1. The van der Waals surface area contributed by atoms with Gasteiger partial charge in [0.2, 0.25) is 5.13 Å². The van der Waals surface area contributed by atoms with Crippen molar-refractivity contribution in [3.63, 3.8) is 0 Å². The van der Waals surface area contributed by atoms with Crippen LogP contribution in [0.1, 0.15) is 12.5 Å². The van der Waals surface area contributed by atoms with Crippen LogP contribution in [-0.2, 0) is 4.79 Å². The molecule has 0 aliphatic carbocycles. The predicted molar refractivity (Wildman–Crippen MR) is 98.1 cm³/mol. The normalized spacial score (nSPS) is 12.0. The number of anilines is 1. The molecule has 24 heavy (non-hydrogen) atoms. The maximum absolute atomic E-state index is 12.3. The van der Waals surface area contributed by atoms with E-state index in [4.69, 9.17) is 16.3 Å². The topological polar surface area (TPSA) is 64.1 Å². The fraction of sp³-hybridized carbons (Fsp3) is 0.188. The number of halogens is 1. The average Bonchev–Trinajstić information content (AvgIpc) is 3.20. The summed E-state index contributed by atoms with van der Waals surface area (Å²) in [5.41, 5.74) is 0.873. The molecule has 5 nitrogen and oxygen atoms in total. The van der Waals surface area contributed by atoms with Crippen molar-refractivity contribution in [3.05, 3.63) is 46.3 Å². The Labute approximate surface area is 152 Å². The molecule has 0 saturated carbocycles. The Hall–Kier alpha value is -1.96. The summed E-state index contributed by atoms with van der Waals surface area (Å²) in [5.74, 6) is 0.344. The first-order chi connectivity index (χ1) is 11.5. The fourth-order valence-electron chi connectivity index (χ4n) is 1.97. The molecule has 0 aliphatic heterocycles. The van der Waals surface area contributed by atoms with Gasteiger partial charge in [-0.15, -0.1) is 21.5 Å². The second-order valence-corrected chi connectivity index (χ2v) is 7.41. The van der Waals surface area contributed by atoms with Crippen LogP contribution in [0.4, 0.5) is 5.13 Å². The number of carbonyl (C=O) groups excluding carboxylic acids is 1. The molecule has 0 saturated heterocycles.